The van der Waals surface area contributed by atoms with Crippen molar-refractivity contribution in [2.24, 2.45) is 0 Å². The number of hydrogen-bond acceptors (Lipinski definition) is 2. The van der Waals surface area contributed by atoms with Gasteiger partial charge in [-0.15, -0.1) is 0 Å². The van der Waals surface area contributed by atoms with E-state index in [-0.39, 0.29) is 75.5 Å². The third-order valence-corrected chi connectivity index (χ3v) is 0. The van der Waals surface area contributed by atoms with Crippen LogP contribution in [0.5, 0.6) is 0 Å². The molecule has 0 spiro atoms. The fraction of sp³-hybridized carbons (Fsp3) is 0. The minimum atomic E-state index is -4.64. The maximum absolute atomic E-state index is 8.88. The first-order valence-corrected chi connectivity index (χ1v) is 4.70. The largest absolute Gasteiger partial charge is 0.466 e. The molecule has 0 saturated carbocycles. The quantitative estimate of drug-likeness (QED) is 0.187. The summed E-state index contributed by atoms with van der Waals surface area (Å²) in [6.07, 6.45) is 0. The van der Waals surface area contributed by atoms with Crippen molar-refractivity contribution in [3.8, 4) is 0 Å². The van der Waals surface area contributed by atoms with Gasteiger partial charge in [0.2, 0.25) is 0 Å². The molecule has 0 aliphatic rings. The molecule has 0 aliphatic heterocycles. The van der Waals surface area contributed by atoms with E-state index in [0.717, 1.165) is 0 Å². The Bertz CT molecular complexity index is 135. The first-order chi connectivity index (χ1) is 4.00. The van der Waals surface area contributed by atoms with Crippen LogP contribution >= 0.6 is 15.6 Å². The molecule has 0 aliphatic carbocycles. The standard InChI is InChI=1S/Mn.2H3O4P.3Zn/c;2*1-5(2,3)4;;;/h;2*(H3,1,2,3,4);;;. The van der Waals surface area contributed by atoms with Crippen molar-refractivity contribution in [2.75, 3.05) is 0 Å². The van der Waals surface area contributed by atoms with E-state index < -0.39 is 15.6 Å². The van der Waals surface area contributed by atoms with Gasteiger partial charge in [0.15, 0.2) is 0 Å². The van der Waals surface area contributed by atoms with E-state index in [1.54, 1.807) is 0 Å². The molecule has 1 radical (unpaired) electrons. The second kappa shape index (κ2) is 15.6. The summed E-state index contributed by atoms with van der Waals surface area (Å²) in [5.41, 5.74) is 0. The minimum absolute atomic E-state index is 0. The molecule has 0 aromatic carbocycles. The normalized spacial score (nSPS) is 8.43. The summed E-state index contributed by atoms with van der Waals surface area (Å²) in [5, 5.41) is 0. The maximum Gasteiger partial charge on any atom is 0.466 e. The second-order valence-electron chi connectivity index (χ2n) is 1.03. The zero-order chi connectivity index (χ0) is 9.00. The fourth-order valence-electron chi connectivity index (χ4n) is 0. The predicted molar refractivity (Wildman–Crippen MR) is 28.5 cm³/mol. The minimum Gasteiger partial charge on any atom is -0.303 e. The molecular formula is H6MnO8P2Zn3. The topological polar surface area (TPSA) is 156 Å². The van der Waals surface area contributed by atoms with Gasteiger partial charge in [0.05, 0.1) is 0 Å². The Morgan fingerprint density at radius 3 is 0.571 bits per heavy atom. The van der Waals surface area contributed by atoms with Gasteiger partial charge in [-0.3, -0.25) is 0 Å². The van der Waals surface area contributed by atoms with Crippen LogP contribution in [0, 0.1) is 0 Å². The molecule has 14 heteroatoms. The SMILES string of the molecule is O=P(O)(O)O.O=P(O)(O)O.[Mn].[Zn].[Zn].[Zn]. The van der Waals surface area contributed by atoms with Gasteiger partial charge >= 0.3 is 15.6 Å². The van der Waals surface area contributed by atoms with Crippen molar-refractivity contribution in [1.29, 1.82) is 0 Å². The van der Waals surface area contributed by atoms with E-state index in [0.29, 0.717) is 0 Å². The van der Waals surface area contributed by atoms with Crippen molar-refractivity contribution in [2.45, 2.75) is 0 Å². The summed E-state index contributed by atoms with van der Waals surface area (Å²) >= 11 is 0. The van der Waals surface area contributed by atoms with Crippen LogP contribution in [0.25, 0.3) is 0 Å². The Morgan fingerprint density at radius 2 is 0.571 bits per heavy atom. The van der Waals surface area contributed by atoms with Gasteiger partial charge < -0.3 is 29.4 Å². The van der Waals surface area contributed by atoms with E-state index in [9.17, 15) is 0 Å². The number of hydrogen-bond donors (Lipinski definition) is 6. The Balaban J connectivity index is -0.0000000178. The van der Waals surface area contributed by atoms with Crippen LogP contribution in [-0.2, 0) is 84.6 Å². The molecular weight excluding hydrogens is 441 g/mol. The van der Waals surface area contributed by atoms with Crippen molar-refractivity contribution < 1.29 is 114 Å². The summed E-state index contributed by atoms with van der Waals surface area (Å²) < 4.78 is 17.8. The zero-order valence-corrected chi connectivity index (χ0v) is 18.8. The van der Waals surface area contributed by atoms with E-state index in [1.165, 1.54) is 0 Å². The van der Waals surface area contributed by atoms with Gasteiger partial charge in [-0.05, 0) is 0 Å². The van der Waals surface area contributed by atoms with E-state index >= 15 is 0 Å². The first-order valence-electron chi connectivity index (χ1n) is 1.57. The molecule has 0 bridgehead atoms. The molecule has 0 amide bonds. The molecule has 0 heterocycles. The van der Waals surface area contributed by atoms with Crippen LogP contribution in [0.3, 0.4) is 0 Å². The Morgan fingerprint density at radius 1 is 0.571 bits per heavy atom. The molecule has 77 valence electrons. The molecule has 14 heavy (non-hydrogen) atoms. The van der Waals surface area contributed by atoms with E-state index in [2.05, 4.69) is 0 Å². The van der Waals surface area contributed by atoms with Gasteiger partial charge in [0, 0.05) is 75.5 Å². The van der Waals surface area contributed by atoms with Crippen molar-refractivity contribution >= 4 is 15.6 Å². The van der Waals surface area contributed by atoms with Crippen LogP contribution in [0.1, 0.15) is 0 Å². The molecule has 0 unspecified atom stereocenters. The fourth-order valence-corrected chi connectivity index (χ4v) is 0. The molecule has 0 saturated heterocycles. The summed E-state index contributed by atoms with van der Waals surface area (Å²) in [6, 6.07) is 0. The van der Waals surface area contributed by atoms with Crippen LogP contribution in [0.15, 0.2) is 0 Å². The van der Waals surface area contributed by atoms with Crippen molar-refractivity contribution in [3.63, 3.8) is 0 Å². The van der Waals surface area contributed by atoms with Crippen LogP contribution in [0.4, 0.5) is 0 Å². The average molecular weight is 447 g/mol. The Labute approximate surface area is 128 Å². The molecule has 6 N–H and O–H groups in total. The number of rotatable bonds is 0. The second-order valence-corrected chi connectivity index (χ2v) is 3.08. The summed E-state index contributed by atoms with van der Waals surface area (Å²) in [4.78, 5) is 43.1. The smallest absolute Gasteiger partial charge is 0.303 e. The van der Waals surface area contributed by atoms with Crippen LogP contribution in [-0.4, -0.2) is 29.4 Å². The van der Waals surface area contributed by atoms with Crippen molar-refractivity contribution in [1.82, 2.24) is 0 Å². The molecule has 0 atom stereocenters. The molecule has 0 rings (SSSR count). The van der Waals surface area contributed by atoms with E-state index in [4.69, 9.17) is 38.5 Å². The molecule has 0 fully saturated rings. The first kappa shape index (κ1) is 36.0. The van der Waals surface area contributed by atoms with Gasteiger partial charge in [-0.1, -0.05) is 0 Å². The van der Waals surface area contributed by atoms with Crippen molar-refractivity contribution in [3.05, 3.63) is 0 Å². The van der Waals surface area contributed by atoms with Crippen LogP contribution in [0.2, 0.25) is 0 Å². The summed E-state index contributed by atoms with van der Waals surface area (Å²) in [7, 11) is -9.28. The molecule has 0 aromatic rings. The van der Waals surface area contributed by atoms with Gasteiger partial charge in [0.25, 0.3) is 0 Å². The van der Waals surface area contributed by atoms with Crippen LogP contribution < -0.4 is 0 Å². The third kappa shape index (κ3) is 397. The zero-order valence-electron chi connectivity index (χ0n) is 6.89. The molecule has 8 nitrogen and oxygen atoms in total. The molecule has 0 aromatic heterocycles. The van der Waals surface area contributed by atoms with Gasteiger partial charge in [0.1, 0.15) is 0 Å². The summed E-state index contributed by atoms with van der Waals surface area (Å²) in [6.45, 7) is 0. The Kier molecular flexibility index (Phi) is 40.1. The van der Waals surface area contributed by atoms with E-state index in [1.807, 2.05) is 0 Å². The third-order valence-electron chi connectivity index (χ3n) is 0. The number of phosphoric acid groups is 2. The summed E-state index contributed by atoms with van der Waals surface area (Å²) in [5.74, 6) is 0. The Hall–Kier alpha value is 2.61. The maximum atomic E-state index is 8.88. The average Bonchev–Trinajstić information content (AvgIpc) is 1.12. The predicted octanol–water partition coefficient (Wildman–Crippen LogP) is -1.87. The van der Waals surface area contributed by atoms with Gasteiger partial charge in [-0.2, -0.15) is 0 Å². The monoisotopic (exact) mass is 443 g/mol. The van der Waals surface area contributed by atoms with Gasteiger partial charge in [-0.25, -0.2) is 9.13 Å².